The molecular formula is C20H25N10O12P2S+. The molecule has 25 heteroatoms. The number of nitrogens with one attached hydrogen (secondary N) is 1. The molecule has 0 spiro atoms. The number of nitrogens with two attached hydrogens (primary N) is 2. The summed E-state index contributed by atoms with van der Waals surface area (Å²) < 4.78 is 47.8. The minimum atomic E-state index is -5.08. The third-order valence-electron chi connectivity index (χ3n) is 7.04. The number of rotatable bonds is 10. The van der Waals surface area contributed by atoms with E-state index < -0.39 is 82.2 Å². The third kappa shape index (κ3) is 6.05. The Bertz CT molecular complexity index is 1860. The summed E-state index contributed by atoms with van der Waals surface area (Å²) in [5.74, 6) is -0.178. The maximum atomic E-state index is 13.2. The van der Waals surface area contributed by atoms with Crippen LogP contribution in [0.5, 0.6) is 0 Å². The van der Waals surface area contributed by atoms with E-state index in [1.54, 1.807) is 0 Å². The van der Waals surface area contributed by atoms with Crippen molar-refractivity contribution in [2.75, 3.05) is 24.7 Å². The number of imidazole rings is 2. The molecule has 2 fully saturated rings. The van der Waals surface area contributed by atoms with Gasteiger partial charge in [0.2, 0.25) is 5.95 Å². The van der Waals surface area contributed by atoms with Crippen LogP contribution in [0.25, 0.3) is 22.3 Å². The lowest BCUT2D eigenvalue weighted by Crippen LogP contribution is -2.36. The zero-order valence-corrected chi connectivity index (χ0v) is 25.1. The lowest BCUT2D eigenvalue weighted by atomic mass is 10.1. The zero-order chi connectivity index (χ0) is 32.2. The van der Waals surface area contributed by atoms with Gasteiger partial charge in [0.25, 0.3) is 5.56 Å². The Morgan fingerprint density at radius 2 is 1.78 bits per heavy atom. The van der Waals surface area contributed by atoms with Gasteiger partial charge in [0.15, 0.2) is 28.9 Å². The van der Waals surface area contributed by atoms with Crippen molar-refractivity contribution < 1.29 is 52.5 Å². The van der Waals surface area contributed by atoms with Gasteiger partial charge in [-0.3, -0.25) is 28.0 Å². The van der Waals surface area contributed by atoms with E-state index in [4.69, 9.17) is 34.7 Å². The number of nitrogens with zero attached hydrogens (tertiary/aromatic N) is 7. The number of phosphoric acid groups is 1. The Balaban J connectivity index is 1.20. The summed E-state index contributed by atoms with van der Waals surface area (Å²) in [6.45, 7) is -1.22. The van der Waals surface area contributed by atoms with Crippen LogP contribution in [-0.4, -0.2) is 113 Å². The van der Waals surface area contributed by atoms with Crippen molar-refractivity contribution in [2.45, 2.75) is 47.4 Å². The zero-order valence-electron chi connectivity index (χ0n) is 22.4. The molecule has 4 aromatic heterocycles. The van der Waals surface area contributed by atoms with Crippen molar-refractivity contribution in [3.63, 3.8) is 0 Å². The maximum Gasteiger partial charge on any atom is 0.694 e. The number of H-pyrrole nitrogens is 1. The number of aliphatic hydroxyl groups excluding tert-OH is 3. The monoisotopic (exact) mass is 691 g/mol. The van der Waals surface area contributed by atoms with Crippen molar-refractivity contribution >= 4 is 61.9 Å². The number of ether oxygens (including phenoxy) is 1. The minimum Gasteiger partial charge on any atom is -0.389 e. The molecule has 2 aliphatic rings. The maximum absolute atomic E-state index is 13.2. The molecule has 0 aliphatic carbocycles. The summed E-state index contributed by atoms with van der Waals surface area (Å²) in [7, 11) is -8.12. The van der Waals surface area contributed by atoms with Crippen LogP contribution in [0.15, 0.2) is 23.8 Å². The number of hydrogen-bond donors (Lipinski definition) is 8. The van der Waals surface area contributed by atoms with Crippen molar-refractivity contribution in [1.29, 1.82) is 0 Å². The molecule has 6 heterocycles. The average Bonchev–Trinajstić information content (AvgIpc) is 3.73. The van der Waals surface area contributed by atoms with E-state index in [-0.39, 0.29) is 34.1 Å². The van der Waals surface area contributed by atoms with Crippen molar-refractivity contribution in [3.8, 4) is 0 Å². The number of aliphatic hydroxyl groups is 3. The quantitative estimate of drug-likeness (QED) is 0.0824. The number of fused-ring (bicyclic) bond motifs is 2. The molecule has 0 amide bonds. The highest BCUT2D eigenvalue weighted by atomic mass is 32.2. The summed E-state index contributed by atoms with van der Waals surface area (Å²) in [4.78, 5) is 54.3. The van der Waals surface area contributed by atoms with Gasteiger partial charge in [-0.15, -0.1) is 21.2 Å². The summed E-state index contributed by atoms with van der Waals surface area (Å²) in [5, 5.41) is 30.2. The Morgan fingerprint density at radius 1 is 1.04 bits per heavy atom. The number of nitrogen functional groups attached to an aromatic ring is 2. The Kier molecular flexibility index (Phi) is 8.62. The highest BCUT2D eigenvalue weighted by Crippen LogP contribution is 2.54. The van der Waals surface area contributed by atoms with Crippen LogP contribution in [0.3, 0.4) is 0 Å². The molecule has 4 aromatic rings. The average molecular weight is 691 g/mol. The second kappa shape index (κ2) is 12.2. The normalized spacial score (nSPS) is 30.3. The Labute approximate surface area is 254 Å². The molecule has 45 heavy (non-hydrogen) atoms. The Hall–Kier alpha value is -3.18. The van der Waals surface area contributed by atoms with E-state index in [1.807, 2.05) is 0 Å². The van der Waals surface area contributed by atoms with Crippen LogP contribution in [-0.2, 0) is 27.4 Å². The summed E-state index contributed by atoms with van der Waals surface area (Å²) in [5.41, 5.74) is 11.1. The predicted octanol–water partition coefficient (Wildman–Crippen LogP) is -2.11. The number of hydrogen-bond acceptors (Lipinski definition) is 18. The van der Waals surface area contributed by atoms with Crippen LogP contribution in [0.4, 0.5) is 11.8 Å². The van der Waals surface area contributed by atoms with E-state index in [2.05, 4.69) is 29.9 Å². The van der Waals surface area contributed by atoms with Gasteiger partial charge < -0.3 is 36.4 Å². The minimum absolute atomic E-state index is 0.0420. The van der Waals surface area contributed by atoms with Gasteiger partial charge in [-0.1, -0.05) is 0 Å². The molecule has 242 valence electrons. The van der Waals surface area contributed by atoms with E-state index in [0.717, 1.165) is 11.8 Å². The van der Waals surface area contributed by atoms with E-state index >= 15 is 0 Å². The Morgan fingerprint density at radius 3 is 2.53 bits per heavy atom. The van der Waals surface area contributed by atoms with E-state index in [9.17, 15) is 34.1 Å². The molecule has 0 aromatic carbocycles. The van der Waals surface area contributed by atoms with Crippen molar-refractivity contribution in [3.05, 3.63) is 29.3 Å². The fourth-order valence-electron chi connectivity index (χ4n) is 4.96. The topological polar surface area (TPSA) is 331 Å². The molecule has 6 unspecified atom stereocenters. The van der Waals surface area contributed by atoms with Gasteiger partial charge in [0.05, 0.1) is 30.6 Å². The molecule has 2 aliphatic heterocycles. The fourth-order valence-corrected chi connectivity index (χ4v) is 7.86. The summed E-state index contributed by atoms with van der Waals surface area (Å²) >= 11 is 0.915. The smallest absolute Gasteiger partial charge is 0.389 e. The SMILES string of the molecule is Nc1nc2c(ncn2[C@@H]2S[C@H](CO[P+](=O)O)C(O)C2OP(=O)(O)OC[C@H]2O[C@@H](n3cnc4c(N)ncnc43)C(O)C2O)c(=O)[nH]1. The molecule has 10 atom stereocenters. The van der Waals surface area contributed by atoms with Gasteiger partial charge in [0.1, 0.15) is 48.2 Å². The van der Waals surface area contributed by atoms with Crippen LogP contribution in [0, 0.1) is 0 Å². The second-order valence-electron chi connectivity index (χ2n) is 9.83. The molecule has 6 rings (SSSR count). The van der Waals surface area contributed by atoms with Crippen LogP contribution in [0.1, 0.15) is 11.6 Å². The number of anilines is 2. The first-order valence-electron chi connectivity index (χ1n) is 12.8. The largest absolute Gasteiger partial charge is 0.694 e. The molecule has 0 radical (unpaired) electrons. The van der Waals surface area contributed by atoms with Crippen LogP contribution >= 0.6 is 27.8 Å². The van der Waals surface area contributed by atoms with Crippen LogP contribution in [0.2, 0.25) is 0 Å². The standard InChI is InChI=1S/C20H24N10O12P2S/c21-14-8-15(24-3-23-14)29(4-25-8)18-12(33)10(31)6(41-18)1-40-44(37,38)42-13-11(32)7(2-39-43(35)36)45-19(13)30-5-26-9-16(30)27-20(22)28-17(9)34/h3-7,10-13,18-19,31-33H,1-2H2,(H6-,21,22,23,24,27,28,34,35,36,37,38)/p+1/t6-,7-,10?,11?,12?,13?,18-,19-/m1/s1. The van der Waals surface area contributed by atoms with Gasteiger partial charge in [-0.05, 0) is 0 Å². The first-order chi connectivity index (χ1) is 21.3. The van der Waals surface area contributed by atoms with Gasteiger partial charge in [0, 0.05) is 4.57 Å². The number of aromatic nitrogens is 8. The number of thioether (sulfide) groups is 1. The molecule has 0 saturated carbocycles. The number of aromatic amines is 1. The molecule has 22 nitrogen and oxygen atoms in total. The third-order valence-corrected chi connectivity index (χ3v) is 9.94. The first kappa shape index (κ1) is 31.8. The van der Waals surface area contributed by atoms with E-state index in [0.29, 0.717) is 0 Å². The molecular weight excluding hydrogens is 666 g/mol. The highest BCUT2D eigenvalue weighted by molar-refractivity contribution is 8.00. The molecule has 0 bridgehead atoms. The fraction of sp³-hybridized carbons (Fsp3) is 0.500. The van der Waals surface area contributed by atoms with Crippen molar-refractivity contribution in [2.24, 2.45) is 0 Å². The van der Waals surface area contributed by atoms with Crippen LogP contribution < -0.4 is 17.0 Å². The summed E-state index contributed by atoms with van der Waals surface area (Å²) in [6.07, 6.45) is -5.25. The molecule has 2 saturated heterocycles. The summed E-state index contributed by atoms with van der Waals surface area (Å²) in [6, 6.07) is 0. The lowest BCUT2D eigenvalue weighted by Gasteiger charge is -2.25. The van der Waals surface area contributed by atoms with Gasteiger partial charge in [-0.25, -0.2) is 24.5 Å². The molecule has 10 N–H and O–H groups in total. The first-order valence-corrected chi connectivity index (χ1v) is 16.4. The lowest BCUT2D eigenvalue weighted by molar-refractivity contribution is -0.0558. The van der Waals surface area contributed by atoms with Gasteiger partial charge >= 0.3 is 16.1 Å². The van der Waals surface area contributed by atoms with Crippen molar-refractivity contribution in [1.82, 2.24) is 39.0 Å². The predicted molar refractivity (Wildman–Crippen MR) is 151 cm³/mol. The highest BCUT2D eigenvalue weighted by Gasteiger charge is 2.51. The van der Waals surface area contributed by atoms with E-state index in [1.165, 1.54) is 28.1 Å². The second-order valence-corrected chi connectivity index (χ2v) is 13.3. The van der Waals surface area contributed by atoms with Gasteiger partial charge in [-0.2, -0.15) is 4.98 Å². The number of phosphoric ester groups is 1.